The fourth-order valence-corrected chi connectivity index (χ4v) is 4.67. The van der Waals surface area contributed by atoms with Crippen molar-refractivity contribution in [1.82, 2.24) is 4.90 Å². The predicted octanol–water partition coefficient (Wildman–Crippen LogP) is 1.44. The maximum absolute atomic E-state index is 12.3. The first kappa shape index (κ1) is 20.1. The number of nitro benzene ring substituents is 1. The second kappa shape index (κ2) is 8.00. The first-order chi connectivity index (χ1) is 12.1. The van der Waals surface area contributed by atoms with Crippen LogP contribution in [-0.2, 0) is 19.4 Å². The van der Waals surface area contributed by atoms with Crippen LogP contribution in [-0.4, -0.2) is 60.8 Å². The Kier molecular flexibility index (Phi) is 6.19. The van der Waals surface area contributed by atoms with Crippen LogP contribution in [0.1, 0.15) is 23.7 Å². The summed E-state index contributed by atoms with van der Waals surface area (Å²) in [6.07, 6.45) is 0.332. The van der Waals surface area contributed by atoms with Crippen LogP contribution in [0.15, 0.2) is 18.2 Å². The van der Waals surface area contributed by atoms with Gasteiger partial charge in [-0.1, -0.05) is 11.6 Å². The number of esters is 1. The number of carbonyl (C=O) groups is 2. The van der Waals surface area contributed by atoms with Gasteiger partial charge in [-0.25, -0.2) is 13.2 Å². The molecule has 1 aliphatic heterocycles. The van der Waals surface area contributed by atoms with Gasteiger partial charge in [0.15, 0.2) is 16.4 Å². The molecular weight excluding hydrogens is 388 g/mol. The van der Waals surface area contributed by atoms with Crippen LogP contribution in [0.3, 0.4) is 0 Å². The second-order valence-electron chi connectivity index (χ2n) is 5.73. The third-order valence-corrected chi connectivity index (χ3v) is 6.00. The van der Waals surface area contributed by atoms with E-state index < -0.39 is 45.0 Å². The topological polar surface area (TPSA) is 124 Å². The first-order valence-corrected chi connectivity index (χ1v) is 9.95. The zero-order valence-electron chi connectivity index (χ0n) is 13.9. The Bertz CT molecular complexity index is 840. The molecule has 1 aliphatic rings. The lowest BCUT2D eigenvalue weighted by atomic mass is 10.2. The van der Waals surface area contributed by atoms with E-state index in [2.05, 4.69) is 0 Å². The number of nitrogens with zero attached hydrogens (tertiary/aromatic N) is 2. The number of halogens is 1. The summed E-state index contributed by atoms with van der Waals surface area (Å²) in [6, 6.07) is 3.01. The van der Waals surface area contributed by atoms with Crippen molar-refractivity contribution in [2.45, 2.75) is 19.4 Å². The molecule has 0 aliphatic carbocycles. The van der Waals surface area contributed by atoms with E-state index in [9.17, 15) is 28.1 Å². The maximum Gasteiger partial charge on any atom is 0.345 e. The Hall–Kier alpha value is -2.20. The summed E-state index contributed by atoms with van der Waals surface area (Å²) >= 11 is 5.68. The highest BCUT2D eigenvalue weighted by Crippen LogP contribution is 2.24. The van der Waals surface area contributed by atoms with Gasteiger partial charge in [0.2, 0.25) is 0 Å². The van der Waals surface area contributed by atoms with Gasteiger partial charge in [-0.3, -0.25) is 14.9 Å². The fraction of sp³-hybridized carbons (Fsp3) is 0.467. The predicted molar refractivity (Wildman–Crippen MR) is 92.8 cm³/mol. The Balaban J connectivity index is 2.05. The zero-order valence-corrected chi connectivity index (χ0v) is 15.5. The molecule has 0 aromatic heterocycles. The SMILES string of the molecule is CCN(C(=O)COC(=O)c1ccc(Cl)cc1[N+](=O)[O-])[C@@H]1CCS(=O)(=O)C1. The van der Waals surface area contributed by atoms with Gasteiger partial charge in [0, 0.05) is 23.7 Å². The molecule has 1 amide bonds. The molecule has 0 spiro atoms. The molecule has 9 nitrogen and oxygen atoms in total. The van der Waals surface area contributed by atoms with Crippen molar-refractivity contribution in [2.75, 3.05) is 24.7 Å². The van der Waals surface area contributed by atoms with E-state index in [0.717, 1.165) is 12.1 Å². The third kappa shape index (κ3) is 4.70. The molecule has 0 unspecified atom stereocenters. The summed E-state index contributed by atoms with van der Waals surface area (Å²) < 4.78 is 28.0. The molecule has 26 heavy (non-hydrogen) atoms. The van der Waals surface area contributed by atoms with Crippen molar-refractivity contribution in [3.8, 4) is 0 Å². The van der Waals surface area contributed by atoms with E-state index >= 15 is 0 Å². The summed E-state index contributed by atoms with van der Waals surface area (Å²) in [5.41, 5.74) is -0.845. The van der Waals surface area contributed by atoms with Gasteiger partial charge < -0.3 is 9.64 Å². The average molecular weight is 405 g/mol. The molecular formula is C15H17ClN2O7S. The van der Waals surface area contributed by atoms with Crippen molar-refractivity contribution in [2.24, 2.45) is 0 Å². The van der Waals surface area contributed by atoms with E-state index in [1.165, 1.54) is 11.0 Å². The van der Waals surface area contributed by atoms with Crippen LogP contribution in [0.25, 0.3) is 0 Å². The molecule has 1 heterocycles. The number of nitro groups is 1. The van der Waals surface area contributed by atoms with Crippen LogP contribution in [0.4, 0.5) is 5.69 Å². The van der Waals surface area contributed by atoms with Crippen molar-refractivity contribution in [3.05, 3.63) is 38.9 Å². The molecule has 2 rings (SSSR count). The lowest BCUT2D eigenvalue weighted by Crippen LogP contribution is -2.43. The monoisotopic (exact) mass is 404 g/mol. The Morgan fingerprint density at radius 3 is 2.65 bits per heavy atom. The highest BCUT2D eigenvalue weighted by molar-refractivity contribution is 7.91. The Labute approximate surface area is 154 Å². The number of rotatable bonds is 6. The lowest BCUT2D eigenvalue weighted by Gasteiger charge is -2.26. The average Bonchev–Trinajstić information content (AvgIpc) is 2.92. The summed E-state index contributed by atoms with van der Waals surface area (Å²) in [7, 11) is -3.17. The van der Waals surface area contributed by atoms with E-state index in [1.54, 1.807) is 6.92 Å². The van der Waals surface area contributed by atoms with Gasteiger partial charge in [-0.2, -0.15) is 0 Å². The van der Waals surface area contributed by atoms with E-state index in [4.69, 9.17) is 16.3 Å². The quantitative estimate of drug-likeness (QED) is 0.399. The molecule has 1 aromatic carbocycles. The summed E-state index contributed by atoms with van der Waals surface area (Å²) in [4.78, 5) is 35.9. The fourth-order valence-electron chi connectivity index (χ4n) is 2.78. The first-order valence-electron chi connectivity index (χ1n) is 7.75. The number of carbonyl (C=O) groups excluding carboxylic acids is 2. The lowest BCUT2D eigenvalue weighted by molar-refractivity contribution is -0.385. The van der Waals surface area contributed by atoms with E-state index in [0.29, 0.717) is 6.42 Å². The largest absolute Gasteiger partial charge is 0.452 e. The van der Waals surface area contributed by atoms with Gasteiger partial charge in [0.05, 0.1) is 16.4 Å². The molecule has 1 saturated heterocycles. The summed E-state index contributed by atoms with van der Waals surface area (Å²) in [5.74, 6) is -1.70. The number of amides is 1. The second-order valence-corrected chi connectivity index (χ2v) is 8.40. The highest BCUT2D eigenvalue weighted by Gasteiger charge is 2.34. The minimum Gasteiger partial charge on any atom is -0.452 e. The van der Waals surface area contributed by atoms with E-state index in [1.807, 2.05) is 0 Å². The van der Waals surface area contributed by atoms with Crippen LogP contribution >= 0.6 is 11.6 Å². The normalized spacial score (nSPS) is 18.3. The minimum atomic E-state index is -3.17. The smallest absolute Gasteiger partial charge is 0.345 e. The number of ether oxygens (including phenoxy) is 1. The molecule has 1 atom stereocenters. The molecule has 1 aromatic rings. The van der Waals surface area contributed by atoms with E-state index in [-0.39, 0.29) is 28.6 Å². The molecule has 0 saturated carbocycles. The Morgan fingerprint density at radius 2 is 2.12 bits per heavy atom. The van der Waals surface area contributed by atoms with Gasteiger partial charge in [0.25, 0.3) is 11.6 Å². The number of likely N-dealkylation sites (N-methyl/N-ethyl adjacent to an activating group) is 1. The summed E-state index contributed by atoms with van der Waals surface area (Å²) in [6.45, 7) is 1.31. The molecule has 0 N–H and O–H groups in total. The number of benzene rings is 1. The highest BCUT2D eigenvalue weighted by atomic mass is 35.5. The molecule has 11 heteroatoms. The van der Waals surface area contributed by atoms with Crippen LogP contribution in [0.2, 0.25) is 5.02 Å². The maximum atomic E-state index is 12.3. The third-order valence-electron chi connectivity index (χ3n) is 4.01. The molecule has 0 bridgehead atoms. The number of sulfone groups is 1. The standard InChI is InChI=1S/C15H17ClN2O7S/c1-2-17(11-5-6-26(23,24)9-11)14(19)8-25-15(20)12-4-3-10(16)7-13(12)18(21)22/h3-4,7,11H,2,5-6,8-9H2,1H3/t11-/m1/s1. The van der Waals surface area contributed by atoms with Crippen molar-refractivity contribution in [3.63, 3.8) is 0 Å². The zero-order chi connectivity index (χ0) is 19.5. The van der Waals surface area contributed by atoms with Gasteiger partial charge in [0.1, 0.15) is 5.56 Å². The van der Waals surface area contributed by atoms with Crippen molar-refractivity contribution >= 4 is 39.0 Å². The van der Waals surface area contributed by atoms with Crippen LogP contribution in [0, 0.1) is 10.1 Å². The van der Waals surface area contributed by atoms with Crippen LogP contribution < -0.4 is 0 Å². The van der Waals surface area contributed by atoms with Crippen molar-refractivity contribution < 1.29 is 27.7 Å². The number of hydrogen-bond donors (Lipinski definition) is 0. The summed E-state index contributed by atoms with van der Waals surface area (Å²) in [5, 5.41) is 11.1. The molecule has 0 radical (unpaired) electrons. The van der Waals surface area contributed by atoms with Crippen LogP contribution in [0.5, 0.6) is 0 Å². The van der Waals surface area contributed by atoms with Gasteiger partial charge in [-0.15, -0.1) is 0 Å². The Morgan fingerprint density at radius 1 is 1.42 bits per heavy atom. The number of hydrogen-bond acceptors (Lipinski definition) is 7. The molecule has 142 valence electrons. The van der Waals surface area contributed by atoms with Gasteiger partial charge >= 0.3 is 5.97 Å². The van der Waals surface area contributed by atoms with Crippen molar-refractivity contribution in [1.29, 1.82) is 0 Å². The molecule has 1 fully saturated rings. The minimum absolute atomic E-state index is 0.0121. The van der Waals surface area contributed by atoms with Gasteiger partial charge in [-0.05, 0) is 25.5 Å².